The van der Waals surface area contributed by atoms with Crippen LogP contribution in [0.2, 0.25) is 0 Å². The summed E-state index contributed by atoms with van der Waals surface area (Å²) in [6.45, 7) is 0.187. The summed E-state index contributed by atoms with van der Waals surface area (Å²) in [5.74, 6) is -1.29. The molecule has 0 spiro atoms. The first-order chi connectivity index (χ1) is 18.0. The van der Waals surface area contributed by atoms with Crippen molar-refractivity contribution in [3.05, 3.63) is 101 Å². The Labute approximate surface area is 214 Å². The Bertz CT molecular complexity index is 1430. The molecule has 3 heterocycles. The topological polar surface area (TPSA) is 76.2 Å². The second kappa shape index (κ2) is 8.92. The van der Waals surface area contributed by atoms with Crippen LogP contribution in [-0.2, 0) is 16.1 Å². The molecule has 0 unspecified atom stereocenters. The molecule has 7 heteroatoms. The summed E-state index contributed by atoms with van der Waals surface area (Å²) >= 11 is 0. The van der Waals surface area contributed by atoms with Crippen molar-refractivity contribution in [3.8, 4) is 11.5 Å². The van der Waals surface area contributed by atoms with Gasteiger partial charge in [-0.25, -0.2) is 0 Å². The normalized spacial score (nSPS) is 23.5. The highest BCUT2D eigenvalue weighted by Crippen LogP contribution is 2.53. The molecule has 37 heavy (non-hydrogen) atoms. The lowest BCUT2D eigenvalue weighted by Crippen LogP contribution is -2.44. The Hall–Kier alpha value is -4.39. The maximum atomic E-state index is 14.1. The minimum Gasteiger partial charge on any atom is -0.493 e. The van der Waals surface area contributed by atoms with Crippen molar-refractivity contribution >= 4 is 23.7 Å². The number of rotatable bonds is 6. The van der Waals surface area contributed by atoms with Gasteiger partial charge in [-0.15, -0.1) is 0 Å². The molecule has 7 nitrogen and oxygen atoms in total. The number of hydrogen-bond donors (Lipinski definition) is 0. The van der Waals surface area contributed by atoms with E-state index >= 15 is 0 Å². The van der Waals surface area contributed by atoms with E-state index < -0.39 is 23.9 Å². The number of fused-ring (bicyclic) bond motifs is 5. The van der Waals surface area contributed by atoms with Crippen LogP contribution in [0.5, 0.6) is 11.5 Å². The standard InChI is InChI=1S/C30H26N2O5/c1-36-22-13-12-20(16-23(22)37-2)28(33)27-25-24(26-21-11-7-6-10-19(21)14-15-31(26)27)29(34)32(30(25)35)17-18-8-4-3-5-9-18/h3-16,24-27H,17H2,1-2H3/t24-,25-,26+,27+/m1/s1. The molecule has 3 aliphatic rings. The number of nitrogens with zero attached hydrogens (tertiary/aromatic N) is 2. The van der Waals surface area contributed by atoms with Gasteiger partial charge in [-0.1, -0.05) is 54.6 Å². The molecule has 0 N–H and O–H groups in total. The summed E-state index contributed by atoms with van der Waals surface area (Å²) in [6.07, 6.45) is 3.80. The third-order valence-electron chi connectivity index (χ3n) is 7.67. The zero-order chi connectivity index (χ0) is 25.7. The molecule has 2 fully saturated rings. The van der Waals surface area contributed by atoms with Crippen molar-refractivity contribution < 1.29 is 23.9 Å². The predicted molar refractivity (Wildman–Crippen MR) is 137 cm³/mol. The summed E-state index contributed by atoms with van der Waals surface area (Å²) < 4.78 is 10.7. The molecule has 4 atom stereocenters. The number of carbonyl (C=O) groups is 3. The van der Waals surface area contributed by atoms with Gasteiger partial charge < -0.3 is 14.4 Å². The van der Waals surface area contributed by atoms with Crippen LogP contribution in [0, 0.1) is 11.8 Å². The molecular formula is C30H26N2O5. The molecule has 0 aliphatic carbocycles. The average Bonchev–Trinajstić information content (AvgIpc) is 3.41. The van der Waals surface area contributed by atoms with Gasteiger partial charge in [-0.3, -0.25) is 19.3 Å². The Morgan fingerprint density at radius 1 is 0.838 bits per heavy atom. The first kappa shape index (κ1) is 23.0. The summed E-state index contributed by atoms with van der Waals surface area (Å²) in [5, 5.41) is 0. The monoisotopic (exact) mass is 494 g/mol. The Kier molecular flexibility index (Phi) is 5.56. The minimum atomic E-state index is -0.824. The third-order valence-corrected chi connectivity index (χ3v) is 7.67. The lowest BCUT2D eigenvalue weighted by Gasteiger charge is -2.35. The second-order valence-electron chi connectivity index (χ2n) is 9.52. The van der Waals surface area contributed by atoms with Gasteiger partial charge in [0.25, 0.3) is 0 Å². The van der Waals surface area contributed by atoms with E-state index in [4.69, 9.17) is 9.47 Å². The number of ketones is 1. The number of benzene rings is 3. The van der Waals surface area contributed by atoms with Gasteiger partial charge in [0.05, 0.1) is 38.6 Å². The molecule has 0 saturated carbocycles. The van der Waals surface area contributed by atoms with Crippen LogP contribution in [0.4, 0.5) is 0 Å². The van der Waals surface area contributed by atoms with E-state index in [1.165, 1.54) is 19.1 Å². The summed E-state index contributed by atoms with van der Waals surface area (Å²) in [4.78, 5) is 45.1. The Balaban J connectivity index is 1.44. The maximum absolute atomic E-state index is 14.1. The highest BCUT2D eigenvalue weighted by Gasteiger charge is 2.64. The highest BCUT2D eigenvalue weighted by molar-refractivity contribution is 6.12. The average molecular weight is 495 g/mol. The lowest BCUT2D eigenvalue weighted by atomic mass is 9.83. The van der Waals surface area contributed by atoms with Crippen molar-refractivity contribution in [3.63, 3.8) is 0 Å². The van der Waals surface area contributed by atoms with Gasteiger partial charge in [-0.05, 0) is 41.0 Å². The van der Waals surface area contributed by atoms with Crippen LogP contribution in [-0.4, -0.2) is 47.7 Å². The van der Waals surface area contributed by atoms with E-state index in [2.05, 4.69) is 0 Å². The van der Waals surface area contributed by atoms with Crippen LogP contribution in [0.3, 0.4) is 0 Å². The van der Waals surface area contributed by atoms with Gasteiger partial charge >= 0.3 is 0 Å². The molecule has 3 aliphatic heterocycles. The van der Waals surface area contributed by atoms with Crippen LogP contribution >= 0.6 is 0 Å². The van der Waals surface area contributed by atoms with Crippen LogP contribution in [0.1, 0.15) is 33.1 Å². The number of imide groups is 1. The number of Topliss-reactive ketones (excluding diaryl/α,β-unsaturated/α-hetero) is 1. The van der Waals surface area contributed by atoms with E-state index in [0.29, 0.717) is 17.1 Å². The number of likely N-dealkylation sites (tertiary alicyclic amines) is 1. The fraction of sp³-hybridized carbons (Fsp3) is 0.233. The second-order valence-corrected chi connectivity index (χ2v) is 9.52. The van der Waals surface area contributed by atoms with Crippen LogP contribution in [0.15, 0.2) is 79.0 Å². The smallest absolute Gasteiger partial charge is 0.236 e. The van der Waals surface area contributed by atoms with Crippen molar-refractivity contribution in [1.29, 1.82) is 0 Å². The lowest BCUT2D eigenvalue weighted by molar-refractivity contribution is -0.142. The van der Waals surface area contributed by atoms with E-state index in [-0.39, 0.29) is 24.1 Å². The number of hydrogen-bond acceptors (Lipinski definition) is 6. The summed E-state index contributed by atoms with van der Waals surface area (Å²) in [7, 11) is 3.05. The van der Waals surface area contributed by atoms with Crippen molar-refractivity contribution in [2.75, 3.05) is 14.2 Å². The van der Waals surface area contributed by atoms with Crippen molar-refractivity contribution in [2.45, 2.75) is 18.6 Å². The third kappa shape index (κ3) is 3.53. The van der Waals surface area contributed by atoms with E-state index in [9.17, 15) is 14.4 Å². The van der Waals surface area contributed by atoms with Gasteiger partial charge in [-0.2, -0.15) is 0 Å². The Morgan fingerprint density at radius 3 is 2.30 bits per heavy atom. The van der Waals surface area contributed by atoms with Crippen molar-refractivity contribution in [2.24, 2.45) is 11.8 Å². The van der Waals surface area contributed by atoms with E-state index in [1.54, 1.807) is 18.2 Å². The van der Waals surface area contributed by atoms with Gasteiger partial charge in [0, 0.05) is 11.8 Å². The zero-order valence-electron chi connectivity index (χ0n) is 20.5. The van der Waals surface area contributed by atoms with Gasteiger partial charge in [0.1, 0.15) is 6.04 Å². The number of amides is 2. The molecule has 3 aromatic rings. The van der Waals surface area contributed by atoms with Crippen LogP contribution in [0.25, 0.3) is 6.08 Å². The first-order valence-corrected chi connectivity index (χ1v) is 12.2. The number of ether oxygens (including phenoxy) is 2. The maximum Gasteiger partial charge on any atom is 0.236 e. The quantitative estimate of drug-likeness (QED) is 0.380. The molecule has 3 aromatic carbocycles. The molecule has 186 valence electrons. The number of methoxy groups -OCH3 is 2. The fourth-order valence-corrected chi connectivity index (χ4v) is 6.00. The molecule has 2 saturated heterocycles. The molecule has 0 aromatic heterocycles. The summed E-state index contributed by atoms with van der Waals surface area (Å²) in [6, 6.07) is 21.1. The van der Waals surface area contributed by atoms with Gasteiger partial charge in [0.15, 0.2) is 17.3 Å². The number of carbonyl (C=O) groups excluding carboxylic acids is 3. The molecule has 0 bridgehead atoms. The predicted octanol–water partition coefficient (Wildman–Crippen LogP) is 4.10. The zero-order valence-corrected chi connectivity index (χ0v) is 20.5. The SMILES string of the molecule is COc1ccc(C(=O)[C@@H]2[C@@H]3C(=O)N(Cc4ccccc4)C(=O)[C@H]3[C@@H]3c4ccccc4C=CN23)cc1OC. The molecule has 6 rings (SSSR count). The first-order valence-electron chi connectivity index (χ1n) is 12.2. The van der Waals surface area contributed by atoms with E-state index in [1.807, 2.05) is 71.8 Å². The fourth-order valence-electron chi connectivity index (χ4n) is 6.00. The van der Waals surface area contributed by atoms with Gasteiger partial charge in [0.2, 0.25) is 11.8 Å². The largest absolute Gasteiger partial charge is 0.493 e. The minimum absolute atomic E-state index is 0.187. The van der Waals surface area contributed by atoms with E-state index in [0.717, 1.165) is 16.7 Å². The molecule has 2 amide bonds. The highest BCUT2D eigenvalue weighted by atomic mass is 16.5. The summed E-state index contributed by atoms with van der Waals surface area (Å²) in [5.41, 5.74) is 3.21. The van der Waals surface area contributed by atoms with Crippen LogP contribution < -0.4 is 9.47 Å². The molecular weight excluding hydrogens is 468 g/mol. The van der Waals surface area contributed by atoms with Crippen molar-refractivity contribution in [1.82, 2.24) is 9.80 Å². The molecule has 0 radical (unpaired) electrons. The Morgan fingerprint density at radius 2 is 1.54 bits per heavy atom.